The minimum Gasteiger partial charge on any atom is -0.443 e. The molecule has 26 valence electrons. The summed E-state index contributed by atoms with van der Waals surface area (Å²) in [6, 6.07) is 0. The van der Waals surface area contributed by atoms with E-state index in [1.165, 1.54) is 0 Å². The van der Waals surface area contributed by atoms with Crippen LogP contribution in [0.25, 0.3) is 0 Å². The standard InChI is InChI=1S/H8OSi3/c1-4(2)3/h1,4H,2-3H3. The van der Waals surface area contributed by atoms with E-state index >= 15 is 0 Å². The molecule has 0 bridgehead atoms. The summed E-state index contributed by atoms with van der Waals surface area (Å²) >= 11 is 0. The van der Waals surface area contributed by atoms with Crippen molar-refractivity contribution < 1.29 is 4.80 Å². The van der Waals surface area contributed by atoms with Crippen molar-refractivity contribution in [3.63, 3.8) is 0 Å². The number of hydrogen-bond acceptors (Lipinski definition) is 1. The Balaban J connectivity index is 2.32. The second kappa shape index (κ2) is 1.89. The fraction of sp³-hybridized carbons (Fsp3) is 0. The molecule has 1 N–H and O–H groups in total. The Morgan fingerprint density at radius 1 is 1.50 bits per heavy atom. The Morgan fingerprint density at radius 3 is 1.50 bits per heavy atom. The molecule has 0 aromatic carbocycles. The van der Waals surface area contributed by atoms with Gasteiger partial charge in [-0.1, -0.05) is 0 Å². The summed E-state index contributed by atoms with van der Waals surface area (Å²) < 4.78 is 0. The van der Waals surface area contributed by atoms with Gasteiger partial charge >= 0.3 is 0 Å². The van der Waals surface area contributed by atoms with Crippen molar-refractivity contribution in [2.45, 2.75) is 0 Å². The van der Waals surface area contributed by atoms with E-state index in [2.05, 4.69) is 0 Å². The Labute approximate surface area is 33.2 Å². The van der Waals surface area contributed by atoms with E-state index in [0.29, 0.717) is 0 Å². The van der Waals surface area contributed by atoms with Gasteiger partial charge in [-0.25, -0.2) is 0 Å². The maximum atomic E-state index is 8.32. The fourth-order valence-corrected chi connectivity index (χ4v) is 0. The van der Waals surface area contributed by atoms with Crippen LogP contribution >= 0.6 is 0 Å². The third-order valence-electron chi connectivity index (χ3n) is 0. The van der Waals surface area contributed by atoms with Crippen LogP contribution in [0.15, 0.2) is 0 Å². The summed E-state index contributed by atoms with van der Waals surface area (Å²) in [7, 11) is 1.35. The van der Waals surface area contributed by atoms with Crippen LogP contribution in [0.4, 0.5) is 0 Å². The van der Waals surface area contributed by atoms with Gasteiger partial charge in [0.1, 0.15) is 8.08 Å². The maximum Gasteiger partial charge on any atom is 0.128 e. The van der Waals surface area contributed by atoms with Crippen molar-refractivity contribution in [1.82, 2.24) is 0 Å². The van der Waals surface area contributed by atoms with E-state index in [1.807, 2.05) is 0 Å². The molecule has 0 aliphatic heterocycles. The molecule has 1 nitrogen and oxygen atoms in total. The quantitative estimate of drug-likeness (QED) is 0.318. The lowest BCUT2D eigenvalue weighted by Crippen LogP contribution is -2.10. The Morgan fingerprint density at radius 2 is 1.50 bits per heavy atom. The smallest absolute Gasteiger partial charge is 0.128 e. The molecule has 0 atom stereocenters. The molecule has 0 rings (SSSR count). The average Bonchev–Trinajstić information content (AvgIpc) is 0.811. The molecule has 0 aromatic heterocycles. The van der Waals surface area contributed by atoms with E-state index in [4.69, 9.17) is 4.80 Å². The van der Waals surface area contributed by atoms with Gasteiger partial charge < -0.3 is 4.80 Å². The van der Waals surface area contributed by atoms with Crippen molar-refractivity contribution in [2.75, 3.05) is 0 Å². The van der Waals surface area contributed by atoms with E-state index in [0.717, 1.165) is 19.5 Å². The summed E-state index contributed by atoms with van der Waals surface area (Å²) in [6.07, 6.45) is 0. The van der Waals surface area contributed by atoms with Crippen LogP contribution in [0.2, 0.25) is 0 Å². The molecule has 0 unspecified atom stereocenters. The first-order chi connectivity index (χ1) is 1.73. The monoisotopic (exact) mass is 108 g/mol. The van der Waals surface area contributed by atoms with Gasteiger partial charge in [-0.2, -0.15) is 0 Å². The highest BCUT2D eigenvalue weighted by atomic mass is 29.5. The molecule has 0 aliphatic carbocycles. The largest absolute Gasteiger partial charge is 0.443 e. The van der Waals surface area contributed by atoms with Gasteiger partial charge in [-0.05, 0) is 0 Å². The van der Waals surface area contributed by atoms with Crippen molar-refractivity contribution in [3.8, 4) is 0 Å². The van der Waals surface area contributed by atoms with Gasteiger partial charge in [0.2, 0.25) is 0 Å². The van der Waals surface area contributed by atoms with Crippen LogP contribution in [0, 0.1) is 0 Å². The summed E-state index contributed by atoms with van der Waals surface area (Å²) in [5, 5.41) is 0. The average molecular weight is 108 g/mol. The molecule has 0 heterocycles. The number of rotatable bonds is 0. The van der Waals surface area contributed by atoms with Gasteiger partial charge in [0.05, 0.1) is 0 Å². The lowest BCUT2D eigenvalue weighted by Gasteiger charge is -1.76. The highest BCUT2D eigenvalue weighted by Gasteiger charge is 1.75. The zero-order chi connectivity index (χ0) is 3.58. The minimum atomic E-state index is -0.861. The maximum absolute atomic E-state index is 8.32. The fourth-order valence-electron chi connectivity index (χ4n) is 0. The van der Waals surface area contributed by atoms with Crippen molar-refractivity contribution in [1.29, 1.82) is 0 Å². The summed E-state index contributed by atoms with van der Waals surface area (Å²) in [6.45, 7) is 0. The molecular weight excluding hydrogens is 100 g/mol. The Bertz CT molecular complexity index is 8.00. The Hall–Kier alpha value is 0.611. The summed E-state index contributed by atoms with van der Waals surface area (Å²) in [5.74, 6) is 0. The number of hydrogen-bond donors (Lipinski definition) is 1. The van der Waals surface area contributed by atoms with Crippen LogP contribution in [0.1, 0.15) is 0 Å². The zero-order valence-corrected chi connectivity index (χ0v) is 8.18. The molecule has 0 saturated heterocycles. The minimum absolute atomic E-state index is 0.861. The Kier molecular flexibility index (Phi) is 2.18. The molecular formula is H8OSi3. The van der Waals surface area contributed by atoms with Crippen LogP contribution in [0.5, 0.6) is 0 Å². The van der Waals surface area contributed by atoms with Crippen molar-refractivity contribution >= 4 is 27.6 Å². The molecule has 0 saturated carbocycles. The van der Waals surface area contributed by atoms with E-state index in [9.17, 15) is 0 Å². The third-order valence-corrected chi connectivity index (χ3v) is 0. The van der Waals surface area contributed by atoms with Crippen LogP contribution in [0.3, 0.4) is 0 Å². The predicted octanol–water partition coefficient (Wildman–Crippen LogP) is -3.57. The molecule has 0 spiro atoms. The second-order valence-electron chi connectivity index (χ2n) is 1.09. The molecule has 0 fully saturated rings. The second-order valence-corrected chi connectivity index (χ2v) is 20.2. The van der Waals surface area contributed by atoms with E-state index in [1.54, 1.807) is 0 Å². The van der Waals surface area contributed by atoms with E-state index < -0.39 is 8.08 Å². The van der Waals surface area contributed by atoms with Gasteiger partial charge in [0, 0.05) is 19.5 Å². The molecule has 0 radical (unpaired) electrons. The first-order valence-corrected chi connectivity index (χ1v) is 11.2. The highest BCUT2D eigenvalue weighted by Crippen LogP contribution is 1.37. The molecule has 0 amide bonds. The van der Waals surface area contributed by atoms with Crippen molar-refractivity contribution in [3.05, 3.63) is 0 Å². The van der Waals surface area contributed by atoms with Crippen LogP contribution in [-0.2, 0) is 0 Å². The highest BCUT2D eigenvalue weighted by molar-refractivity contribution is 7.25. The van der Waals surface area contributed by atoms with Gasteiger partial charge in [0.15, 0.2) is 0 Å². The molecule has 0 aromatic rings. The lowest BCUT2D eigenvalue weighted by molar-refractivity contribution is 0.614. The topological polar surface area (TPSA) is 20.2 Å². The molecule has 4 heteroatoms. The first-order valence-electron chi connectivity index (χ1n) is 1.41. The SMILES string of the molecule is O[SiH]([SiH3])[SiH3]. The van der Waals surface area contributed by atoms with Gasteiger partial charge in [0.25, 0.3) is 0 Å². The normalized spacial score (nSPS) is 17.2. The van der Waals surface area contributed by atoms with Crippen molar-refractivity contribution in [2.24, 2.45) is 0 Å². The zero-order valence-electron chi connectivity index (χ0n) is 3.02. The predicted molar refractivity (Wildman–Crippen MR) is 29.2 cm³/mol. The van der Waals surface area contributed by atoms with E-state index in [-0.39, 0.29) is 0 Å². The lowest BCUT2D eigenvalue weighted by atomic mass is 15.9. The van der Waals surface area contributed by atoms with Crippen LogP contribution in [-0.4, -0.2) is 32.4 Å². The van der Waals surface area contributed by atoms with Gasteiger partial charge in [-0.3, -0.25) is 0 Å². The first kappa shape index (κ1) is 4.61. The van der Waals surface area contributed by atoms with Gasteiger partial charge in [-0.15, -0.1) is 0 Å². The summed E-state index contributed by atoms with van der Waals surface area (Å²) in [4.78, 5) is 8.32. The molecule has 4 heavy (non-hydrogen) atoms. The van der Waals surface area contributed by atoms with Crippen LogP contribution < -0.4 is 0 Å². The third kappa shape index (κ3) is 18.2. The molecule has 0 aliphatic rings. The summed E-state index contributed by atoms with van der Waals surface area (Å²) in [5.41, 5.74) is 0.